The molecule has 4 heterocycles. The topological polar surface area (TPSA) is 67.2 Å². The van der Waals surface area contributed by atoms with E-state index in [0.717, 1.165) is 66.4 Å². The number of hydrogen-bond donors (Lipinski definition) is 0. The van der Waals surface area contributed by atoms with Gasteiger partial charge in [0.15, 0.2) is 17.0 Å². The van der Waals surface area contributed by atoms with Crippen molar-refractivity contribution in [2.45, 2.75) is 65.8 Å². The van der Waals surface area contributed by atoms with E-state index in [9.17, 15) is 4.79 Å². The number of fused-ring (bicyclic) bond motifs is 3. The van der Waals surface area contributed by atoms with Crippen molar-refractivity contribution in [2.24, 2.45) is 5.92 Å². The quantitative estimate of drug-likeness (QED) is 0.593. The lowest BCUT2D eigenvalue weighted by Crippen LogP contribution is -2.45. The van der Waals surface area contributed by atoms with Gasteiger partial charge in [-0.05, 0) is 63.6 Å². The predicted molar refractivity (Wildman–Crippen MR) is 132 cm³/mol. The standard InChI is InChI=1S/C26H34N6O/c1-4-31(21-15-18(2)11-12-19(21)3)26(33)20-9-8-13-30(16-20)24-23-25(28-17-27-24)32-14-7-5-6-10-22(32)29-23/h11-12,15,17,20H,4-10,13-14,16H2,1-3H3/t20-/m1/s1. The Morgan fingerprint density at radius 1 is 1.12 bits per heavy atom. The molecule has 174 valence electrons. The van der Waals surface area contributed by atoms with Crippen molar-refractivity contribution in [1.29, 1.82) is 0 Å². The zero-order chi connectivity index (χ0) is 22.9. The number of carbonyl (C=O) groups excluding carboxylic acids is 1. The molecule has 5 rings (SSSR count). The van der Waals surface area contributed by atoms with Gasteiger partial charge in [0.25, 0.3) is 0 Å². The van der Waals surface area contributed by atoms with E-state index in [2.05, 4.69) is 58.4 Å². The molecule has 7 nitrogen and oxygen atoms in total. The number of rotatable bonds is 4. The van der Waals surface area contributed by atoms with E-state index in [1.54, 1.807) is 6.33 Å². The van der Waals surface area contributed by atoms with Crippen molar-refractivity contribution in [2.75, 3.05) is 29.4 Å². The highest BCUT2D eigenvalue weighted by molar-refractivity contribution is 5.96. The number of nitrogens with zero attached hydrogens (tertiary/aromatic N) is 6. The molecule has 1 saturated heterocycles. The van der Waals surface area contributed by atoms with Crippen LogP contribution in [0.15, 0.2) is 24.5 Å². The van der Waals surface area contributed by atoms with Crippen LogP contribution in [0, 0.1) is 19.8 Å². The molecule has 0 N–H and O–H groups in total. The molecule has 1 fully saturated rings. The zero-order valence-corrected chi connectivity index (χ0v) is 20.0. The fourth-order valence-electron chi connectivity index (χ4n) is 5.40. The van der Waals surface area contributed by atoms with E-state index in [1.807, 2.05) is 4.90 Å². The number of benzene rings is 1. The number of imidazole rings is 1. The lowest BCUT2D eigenvalue weighted by Gasteiger charge is -2.35. The number of piperidine rings is 1. The number of carbonyl (C=O) groups is 1. The molecule has 3 aromatic rings. The first-order valence-corrected chi connectivity index (χ1v) is 12.4. The summed E-state index contributed by atoms with van der Waals surface area (Å²) in [6.45, 7) is 9.44. The molecule has 1 aromatic carbocycles. The van der Waals surface area contributed by atoms with Crippen LogP contribution in [0.3, 0.4) is 0 Å². The highest BCUT2D eigenvalue weighted by Crippen LogP contribution is 2.31. The second kappa shape index (κ2) is 9.12. The molecule has 0 radical (unpaired) electrons. The normalized spacial score (nSPS) is 18.8. The average molecular weight is 447 g/mol. The van der Waals surface area contributed by atoms with Gasteiger partial charge < -0.3 is 14.4 Å². The number of aryl methyl sites for hydroxylation is 4. The van der Waals surface area contributed by atoms with Gasteiger partial charge in [0.05, 0.1) is 5.92 Å². The van der Waals surface area contributed by atoms with Gasteiger partial charge in [-0.2, -0.15) is 0 Å². The highest BCUT2D eigenvalue weighted by Gasteiger charge is 2.32. The molecule has 2 aliphatic heterocycles. The second-order valence-electron chi connectivity index (χ2n) is 9.52. The largest absolute Gasteiger partial charge is 0.354 e. The molecule has 1 atom stereocenters. The number of aromatic nitrogens is 4. The predicted octanol–water partition coefficient (Wildman–Crippen LogP) is 4.44. The highest BCUT2D eigenvalue weighted by atomic mass is 16.2. The fraction of sp³-hybridized carbons (Fsp3) is 0.538. The molecule has 0 saturated carbocycles. The van der Waals surface area contributed by atoms with Gasteiger partial charge in [0.1, 0.15) is 12.2 Å². The summed E-state index contributed by atoms with van der Waals surface area (Å²) in [6, 6.07) is 6.34. The third kappa shape index (κ3) is 4.09. The van der Waals surface area contributed by atoms with Crippen molar-refractivity contribution in [3.8, 4) is 0 Å². The van der Waals surface area contributed by atoms with Gasteiger partial charge in [-0.15, -0.1) is 0 Å². The Labute approximate surface area is 195 Å². The Morgan fingerprint density at radius 3 is 2.85 bits per heavy atom. The summed E-state index contributed by atoms with van der Waals surface area (Å²) in [5.74, 6) is 2.17. The van der Waals surface area contributed by atoms with Crippen molar-refractivity contribution >= 4 is 28.6 Å². The summed E-state index contributed by atoms with van der Waals surface area (Å²) >= 11 is 0. The maximum atomic E-state index is 13.7. The molecule has 0 bridgehead atoms. The summed E-state index contributed by atoms with van der Waals surface area (Å²) in [7, 11) is 0. The Balaban J connectivity index is 1.42. The van der Waals surface area contributed by atoms with Crippen molar-refractivity contribution in [3.63, 3.8) is 0 Å². The van der Waals surface area contributed by atoms with E-state index in [0.29, 0.717) is 13.1 Å². The van der Waals surface area contributed by atoms with Gasteiger partial charge in [-0.25, -0.2) is 15.0 Å². The van der Waals surface area contributed by atoms with Crippen LogP contribution in [-0.4, -0.2) is 45.1 Å². The van der Waals surface area contributed by atoms with Crippen LogP contribution in [0.25, 0.3) is 11.2 Å². The van der Waals surface area contributed by atoms with Crippen LogP contribution in [0.1, 0.15) is 56.0 Å². The average Bonchev–Trinajstić information content (AvgIpc) is 3.02. The van der Waals surface area contributed by atoms with Gasteiger partial charge in [-0.3, -0.25) is 4.79 Å². The SMILES string of the molecule is CCN(C(=O)[C@@H]1CCCN(c2ncnc3c2nc2n3CCCCC2)C1)c1cc(C)ccc1C. The summed E-state index contributed by atoms with van der Waals surface area (Å²) < 4.78 is 2.28. The van der Waals surface area contributed by atoms with E-state index in [1.165, 1.54) is 24.8 Å². The minimum absolute atomic E-state index is 0.0518. The Kier molecular flexibility index (Phi) is 6.04. The zero-order valence-electron chi connectivity index (χ0n) is 20.0. The molecule has 0 unspecified atom stereocenters. The lowest BCUT2D eigenvalue weighted by atomic mass is 9.95. The summed E-state index contributed by atoms with van der Waals surface area (Å²) in [4.78, 5) is 32.1. The molecule has 7 heteroatoms. The monoisotopic (exact) mass is 446 g/mol. The molecule has 2 aromatic heterocycles. The van der Waals surface area contributed by atoms with Crippen LogP contribution >= 0.6 is 0 Å². The smallest absolute Gasteiger partial charge is 0.231 e. The van der Waals surface area contributed by atoms with Crippen LogP contribution in [-0.2, 0) is 17.8 Å². The lowest BCUT2D eigenvalue weighted by molar-refractivity contribution is -0.122. The Hall–Kier alpha value is -2.96. The second-order valence-corrected chi connectivity index (χ2v) is 9.52. The van der Waals surface area contributed by atoms with Gasteiger partial charge in [-0.1, -0.05) is 18.6 Å². The Morgan fingerprint density at radius 2 is 2.00 bits per heavy atom. The maximum Gasteiger partial charge on any atom is 0.231 e. The van der Waals surface area contributed by atoms with Crippen LogP contribution in [0.5, 0.6) is 0 Å². The minimum Gasteiger partial charge on any atom is -0.354 e. The van der Waals surface area contributed by atoms with Crippen LogP contribution < -0.4 is 9.80 Å². The number of amides is 1. The first-order valence-electron chi connectivity index (χ1n) is 12.4. The number of anilines is 2. The minimum atomic E-state index is -0.0518. The molecular formula is C26H34N6O. The van der Waals surface area contributed by atoms with E-state index in [4.69, 9.17) is 4.98 Å². The third-order valence-electron chi connectivity index (χ3n) is 7.18. The van der Waals surface area contributed by atoms with E-state index in [-0.39, 0.29) is 11.8 Å². The van der Waals surface area contributed by atoms with Crippen LogP contribution in [0.4, 0.5) is 11.5 Å². The maximum absolute atomic E-state index is 13.7. The first kappa shape index (κ1) is 21.9. The Bertz CT molecular complexity index is 1170. The van der Waals surface area contributed by atoms with Gasteiger partial charge in [0.2, 0.25) is 5.91 Å². The van der Waals surface area contributed by atoms with E-state index >= 15 is 0 Å². The van der Waals surface area contributed by atoms with Crippen molar-refractivity contribution < 1.29 is 4.79 Å². The van der Waals surface area contributed by atoms with Gasteiger partial charge >= 0.3 is 0 Å². The molecule has 0 spiro atoms. The summed E-state index contributed by atoms with van der Waals surface area (Å²) in [5, 5.41) is 0. The first-order chi connectivity index (χ1) is 16.1. The molecule has 0 aliphatic carbocycles. The molecular weight excluding hydrogens is 412 g/mol. The molecule has 1 amide bonds. The van der Waals surface area contributed by atoms with Gasteiger partial charge in [0, 0.05) is 38.3 Å². The van der Waals surface area contributed by atoms with Crippen molar-refractivity contribution in [3.05, 3.63) is 41.5 Å². The molecule has 2 aliphatic rings. The number of hydrogen-bond acceptors (Lipinski definition) is 5. The fourth-order valence-corrected chi connectivity index (χ4v) is 5.40. The third-order valence-corrected chi connectivity index (χ3v) is 7.18. The van der Waals surface area contributed by atoms with E-state index < -0.39 is 0 Å². The summed E-state index contributed by atoms with van der Waals surface area (Å²) in [5.41, 5.74) is 5.18. The summed E-state index contributed by atoms with van der Waals surface area (Å²) in [6.07, 6.45) is 8.13. The molecule has 33 heavy (non-hydrogen) atoms. The van der Waals surface area contributed by atoms with Crippen molar-refractivity contribution in [1.82, 2.24) is 19.5 Å². The van der Waals surface area contributed by atoms with Crippen LogP contribution in [0.2, 0.25) is 0 Å².